The van der Waals surface area contributed by atoms with Crippen molar-refractivity contribution < 1.29 is 9.53 Å². The molecule has 0 bridgehead atoms. The van der Waals surface area contributed by atoms with E-state index in [-0.39, 0.29) is 12.5 Å². The van der Waals surface area contributed by atoms with E-state index in [1.54, 1.807) is 29.8 Å². The van der Waals surface area contributed by atoms with Gasteiger partial charge in [-0.3, -0.25) is 9.48 Å². The van der Waals surface area contributed by atoms with Crippen molar-refractivity contribution in [3.8, 4) is 5.75 Å². The number of methoxy groups -OCH3 is 1. The van der Waals surface area contributed by atoms with Gasteiger partial charge in [0.2, 0.25) is 5.91 Å². The van der Waals surface area contributed by atoms with Crippen molar-refractivity contribution >= 4 is 34.8 Å². The summed E-state index contributed by atoms with van der Waals surface area (Å²) in [6, 6.07) is 5.02. The van der Waals surface area contributed by atoms with Gasteiger partial charge in [-0.15, -0.1) is 0 Å². The van der Waals surface area contributed by atoms with Crippen LogP contribution < -0.4 is 10.1 Å². The molecular formula is C14H15Cl2N3O2. The number of carbonyl (C=O) groups excluding carboxylic acids is 1. The molecule has 0 fully saturated rings. The number of aryl methyl sites for hydroxylation is 1. The van der Waals surface area contributed by atoms with Gasteiger partial charge in [0.05, 0.1) is 29.2 Å². The van der Waals surface area contributed by atoms with E-state index < -0.39 is 0 Å². The number of rotatable bonds is 4. The first-order valence-electron chi connectivity index (χ1n) is 6.25. The van der Waals surface area contributed by atoms with E-state index in [9.17, 15) is 4.79 Å². The summed E-state index contributed by atoms with van der Waals surface area (Å²) in [7, 11) is 1.53. The molecule has 1 aromatic carbocycles. The highest BCUT2D eigenvalue weighted by molar-refractivity contribution is 6.32. The third kappa shape index (κ3) is 3.49. The van der Waals surface area contributed by atoms with Gasteiger partial charge in [-0.25, -0.2) is 0 Å². The highest BCUT2D eigenvalue weighted by Gasteiger charge is 2.13. The SMILES string of the molecule is COc1ccc(Cl)cc1NC(=O)Cn1nc(C)c(Cl)c1C. The van der Waals surface area contributed by atoms with Gasteiger partial charge in [0.15, 0.2) is 0 Å². The molecule has 1 N–H and O–H groups in total. The molecule has 0 atom stereocenters. The van der Waals surface area contributed by atoms with Crippen LogP contribution in [0.3, 0.4) is 0 Å². The van der Waals surface area contributed by atoms with Crippen LogP contribution in [-0.4, -0.2) is 22.8 Å². The maximum absolute atomic E-state index is 12.1. The number of anilines is 1. The topological polar surface area (TPSA) is 56.1 Å². The van der Waals surface area contributed by atoms with Gasteiger partial charge >= 0.3 is 0 Å². The number of nitrogens with one attached hydrogen (secondary N) is 1. The fourth-order valence-electron chi connectivity index (χ4n) is 1.93. The molecule has 0 unspecified atom stereocenters. The predicted molar refractivity (Wildman–Crippen MR) is 83.3 cm³/mol. The summed E-state index contributed by atoms with van der Waals surface area (Å²) >= 11 is 12.0. The molecule has 0 aliphatic rings. The second-order valence-electron chi connectivity index (χ2n) is 4.54. The van der Waals surface area contributed by atoms with Gasteiger partial charge < -0.3 is 10.1 Å². The Morgan fingerprint density at radius 3 is 2.67 bits per heavy atom. The lowest BCUT2D eigenvalue weighted by Crippen LogP contribution is -2.20. The minimum atomic E-state index is -0.238. The number of benzene rings is 1. The number of nitrogens with zero attached hydrogens (tertiary/aromatic N) is 2. The summed E-state index contributed by atoms with van der Waals surface area (Å²) in [5.74, 6) is 0.303. The summed E-state index contributed by atoms with van der Waals surface area (Å²) in [5, 5.41) is 8.06. The Morgan fingerprint density at radius 1 is 1.38 bits per heavy atom. The van der Waals surface area contributed by atoms with Crippen molar-refractivity contribution in [1.82, 2.24) is 9.78 Å². The number of hydrogen-bond donors (Lipinski definition) is 1. The summed E-state index contributed by atoms with van der Waals surface area (Å²) in [5.41, 5.74) is 1.97. The van der Waals surface area contributed by atoms with Crippen molar-refractivity contribution in [2.24, 2.45) is 0 Å². The fraction of sp³-hybridized carbons (Fsp3) is 0.286. The highest BCUT2D eigenvalue weighted by Crippen LogP contribution is 2.27. The van der Waals surface area contributed by atoms with Crippen LogP contribution in [0, 0.1) is 13.8 Å². The standard InChI is InChI=1S/C14H15Cl2N3O2/c1-8-14(16)9(2)19(18-8)7-13(20)17-11-6-10(15)4-5-12(11)21-3/h4-6H,7H2,1-3H3,(H,17,20). The second-order valence-corrected chi connectivity index (χ2v) is 5.35. The van der Waals surface area contributed by atoms with E-state index in [1.165, 1.54) is 7.11 Å². The number of aromatic nitrogens is 2. The first-order valence-corrected chi connectivity index (χ1v) is 7.01. The van der Waals surface area contributed by atoms with Gasteiger partial charge in [-0.05, 0) is 32.0 Å². The lowest BCUT2D eigenvalue weighted by Gasteiger charge is -2.11. The molecule has 1 amide bonds. The fourth-order valence-corrected chi connectivity index (χ4v) is 2.24. The molecule has 1 aromatic heterocycles. The zero-order valence-corrected chi connectivity index (χ0v) is 13.4. The van der Waals surface area contributed by atoms with Crippen LogP contribution in [0.2, 0.25) is 10.0 Å². The van der Waals surface area contributed by atoms with Gasteiger partial charge in [0.1, 0.15) is 12.3 Å². The minimum absolute atomic E-state index is 0.0645. The van der Waals surface area contributed by atoms with Gasteiger partial charge in [-0.1, -0.05) is 23.2 Å². The Kier molecular flexibility index (Phi) is 4.75. The molecule has 7 heteroatoms. The number of amides is 1. The average molecular weight is 328 g/mol. The molecule has 0 aliphatic heterocycles. The Bertz CT molecular complexity index is 683. The maximum atomic E-state index is 12.1. The zero-order chi connectivity index (χ0) is 15.6. The first kappa shape index (κ1) is 15.7. The first-order chi connectivity index (χ1) is 9.92. The normalized spacial score (nSPS) is 10.5. The quantitative estimate of drug-likeness (QED) is 0.935. The Hall–Kier alpha value is -1.72. The summed E-state index contributed by atoms with van der Waals surface area (Å²) in [6.45, 7) is 3.67. The second kappa shape index (κ2) is 6.37. The van der Waals surface area contributed by atoms with Crippen molar-refractivity contribution in [3.63, 3.8) is 0 Å². The lowest BCUT2D eigenvalue weighted by atomic mass is 10.3. The third-order valence-electron chi connectivity index (χ3n) is 3.02. The zero-order valence-electron chi connectivity index (χ0n) is 11.9. The number of ether oxygens (including phenoxy) is 1. The Morgan fingerprint density at radius 2 is 2.10 bits per heavy atom. The van der Waals surface area contributed by atoms with Gasteiger partial charge in [-0.2, -0.15) is 5.10 Å². The van der Waals surface area contributed by atoms with E-state index in [0.717, 1.165) is 5.69 Å². The molecule has 112 valence electrons. The lowest BCUT2D eigenvalue weighted by molar-refractivity contribution is -0.116. The predicted octanol–water partition coefficient (Wildman–Crippen LogP) is 3.45. The van der Waals surface area contributed by atoms with Crippen molar-refractivity contribution in [2.75, 3.05) is 12.4 Å². The monoisotopic (exact) mass is 327 g/mol. The molecule has 0 radical (unpaired) electrons. The highest BCUT2D eigenvalue weighted by atomic mass is 35.5. The van der Waals surface area contributed by atoms with Crippen LogP contribution in [0.5, 0.6) is 5.75 Å². The molecule has 0 saturated heterocycles. The molecule has 21 heavy (non-hydrogen) atoms. The summed E-state index contributed by atoms with van der Waals surface area (Å²) in [6.07, 6.45) is 0. The smallest absolute Gasteiger partial charge is 0.246 e. The molecular weight excluding hydrogens is 313 g/mol. The molecule has 2 aromatic rings. The van der Waals surface area contributed by atoms with Crippen molar-refractivity contribution in [1.29, 1.82) is 0 Å². The van der Waals surface area contributed by atoms with E-state index in [2.05, 4.69) is 10.4 Å². The minimum Gasteiger partial charge on any atom is -0.495 e. The van der Waals surface area contributed by atoms with E-state index in [1.807, 2.05) is 6.92 Å². The van der Waals surface area contributed by atoms with E-state index in [0.29, 0.717) is 27.2 Å². The van der Waals surface area contributed by atoms with Crippen LogP contribution in [-0.2, 0) is 11.3 Å². The Labute approximate surface area is 132 Å². The van der Waals surface area contributed by atoms with Crippen LogP contribution in [0.4, 0.5) is 5.69 Å². The molecule has 0 saturated carbocycles. The maximum Gasteiger partial charge on any atom is 0.246 e. The summed E-state index contributed by atoms with van der Waals surface area (Å²) in [4.78, 5) is 12.1. The molecule has 0 spiro atoms. The Balaban J connectivity index is 2.15. The molecule has 5 nitrogen and oxygen atoms in total. The van der Waals surface area contributed by atoms with Crippen LogP contribution >= 0.6 is 23.2 Å². The molecule has 2 rings (SSSR count). The number of halogens is 2. The van der Waals surface area contributed by atoms with Crippen LogP contribution in [0.1, 0.15) is 11.4 Å². The van der Waals surface area contributed by atoms with Gasteiger partial charge in [0.25, 0.3) is 0 Å². The number of hydrogen-bond acceptors (Lipinski definition) is 3. The van der Waals surface area contributed by atoms with Crippen LogP contribution in [0.15, 0.2) is 18.2 Å². The van der Waals surface area contributed by atoms with E-state index >= 15 is 0 Å². The summed E-state index contributed by atoms with van der Waals surface area (Å²) < 4.78 is 6.74. The average Bonchev–Trinajstić information content (AvgIpc) is 2.66. The van der Waals surface area contributed by atoms with E-state index in [4.69, 9.17) is 27.9 Å². The number of carbonyl (C=O) groups is 1. The third-order valence-corrected chi connectivity index (χ3v) is 3.80. The van der Waals surface area contributed by atoms with Crippen molar-refractivity contribution in [2.45, 2.75) is 20.4 Å². The molecule has 1 heterocycles. The largest absolute Gasteiger partial charge is 0.495 e. The molecule has 0 aliphatic carbocycles. The van der Waals surface area contributed by atoms with Crippen molar-refractivity contribution in [3.05, 3.63) is 39.6 Å². The van der Waals surface area contributed by atoms with Gasteiger partial charge in [0, 0.05) is 5.02 Å². The van der Waals surface area contributed by atoms with Crippen LogP contribution in [0.25, 0.3) is 0 Å².